The number of aliphatic hydroxyl groups is 1. The topological polar surface area (TPSA) is 89.3 Å². The number of carbonyl (C=O) groups excluding carboxylic acids is 1. The molecule has 3 aromatic rings. The highest BCUT2D eigenvalue weighted by molar-refractivity contribution is 6.05. The maximum atomic E-state index is 12.8. The Morgan fingerprint density at radius 3 is 2.86 bits per heavy atom. The molecule has 1 amide bonds. The molecule has 1 fully saturated rings. The van der Waals surface area contributed by atoms with E-state index in [0.717, 1.165) is 35.1 Å². The summed E-state index contributed by atoms with van der Waals surface area (Å²) in [5.74, 6) is 0.179. The number of fused-ring (bicyclic) bond motifs is 1. The molecule has 0 saturated heterocycles. The highest BCUT2D eigenvalue weighted by Crippen LogP contribution is 2.40. The quantitative estimate of drug-likeness (QED) is 0.625. The number of methoxy groups -OCH3 is 1. The molecule has 1 aromatic carbocycles. The summed E-state index contributed by atoms with van der Waals surface area (Å²) in [4.78, 5) is 17.6. The van der Waals surface area contributed by atoms with E-state index in [4.69, 9.17) is 9.72 Å². The van der Waals surface area contributed by atoms with Crippen LogP contribution < -0.4 is 5.32 Å². The minimum atomic E-state index is -0.741. The largest absolute Gasteiger partial charge is 0.389 e. The lowest BCUT2D eigenvalue weighted by Gasteiger charge is -2.12. The van der Waals surface area contributed by atoms with Crippen LogP contribution in [0, 0.1) is 0 Å². The lowest BCUT2D eigenvalue weighted by molar-refractivity contribution is 0.0610. The van der Waals surface area contributed by atoms with E-state index in [2.05, 4.69) is 10.4 Å². The Morgan fingerprint density at radius 2 is 2.14 bits per heavy atom. The molecule has 28 heavy (non-hydrogen) atoms. The highest BCUT2D eigenvalue weighted by Gasteiger charge is 2.28. The predicted octanol–water partition coefficient (Wildman–Crippen LogP) is 2.09. The van der Waals surface area contributed by atoms with Gasteiger partial charge in [0.15, 0.2) is 5.65 Å². The molecule has 7 heteroatoms. The number of hydrogen-bond donors (Lipinski definition) is 2. The molecule has 1 aliphatic carbocycles. The number of benzene rings is 1. The zero-order valence-corrected chi connectivity index (χ0v) is 15.8. The summed E-state index contributed by atoms with van der Waals surface area (Å²) < 4.78 is 6.75. The van der Waals surface area contributed by atoms with Gasteiger partial charge in [0.25, 0.3) is 5.91 Å². The Balaban J connectivity index is 1.65. The minimum Gasteiger partial charge on any atom is -0.389 e. The molecular weight excluding hydrogens is 356 g/mol. The number of nitrogens with one attached hydrogen (secondary N) is 1. The van der Waals surface area contributed by atoms with Crippen LogP contribution in [0.2, 0.25) is 0 Å². The maximum Gasteiger partial charge on any atom is 0.252 e. The van der Waals surface area contributed by atoms with Crippen molar-refractivity contribution in [2.45, 2.75) is 31.4 Å². The Labute approximate surface area is 163 Å². The van der Waals surface area contributed by atoms with E-state index in [9.17, 15) is 9.90 Å². The van der Waals surface area contributed by atoms with E-state index in [1.165, 1.54) is 7.11 Å². The summed E-state index contributed by atoms with van der Waals surface area (Å²) in [6.07, 6.45) is 3.15. The Hall–Kier alpha value is -2.77. The van der Waals surface area contributed by atoms with Crippen molar-refractivity contribution in [1.82, 2.24) is 20.1 Å². The van der Waals surface area contributed by atoms with Crippen LogP contribution in [0.1, 0.15) is 40.4 Å². The first-order chi connectivity index (χ1) is 13.7. The van der Waals surface area contributed by atoms with Crippen molar-refractivity contribution in [1.29, 1.82) is 0 Å². The summed E-state index contributed by atoms with van der Waals surface area (Å²) in [6.45, 7) is 0.904. The molecule has 0 bridgehead atoms. The van der Waals surface area contributed by atoms with E-state index in [1.807, 2.05) is 41.1 Å². The van der Waals surface area contributed by atoms with Crippen molar-refractivity contribution in [2.75, 3.05) is 20.3 Å². The second-order valence-corrected chi connectivity index (χ2v) is 7.21. The standard InChI is InChI=1S/C21H24N4O3/c1-28-13-16(26)10-22-21(27)17-9-19(15-7-8-15)24-20-18(17)11-23-25(20)12-14-5-3-2-4-6-14/h2-6,9,11,15-16,26H,7-8,10,12-13H2,1H3,(H,22,27)/t16-/m0/s1. The predicted molar refractivity (Wildman–Crippen MR) is 105 cm³/mol. The number of nitrogens with zero attached hydrogens (tertiary/aromatic N) is 3. The second-order valence-electron chi connectivity index (χ2n) is 7.21. The van der Waals surface area contributed by atoms with E-state index in [-0.39, 0.29) is 19.1 Å². The van der Waals surface area contributed by atoms with Crippen LogP contribution in [-0.2, 0) is 11.3 Å². The number of pyridine rings is 1. The normalized spacial score (nSPS) is 14.9. The molecule has 1 aliphatic rings. The van der Waals surface area contributed by atoms with Crippen LogP contribution >= 0.6 is 0 Å². The molecule has 146 valence electrons. The van der Waals surface area contributed by atoms with Crippen LogP contribution in [0.25, 0.3) is 11.0 Å². The van der Waals surface area contributed by atoms with E-state index < -0.39 is 6.10 Å². The van der Waals surface area contributed by atoms with Gasteiger partial charge in [-0.1, -0.05) is 30.3 Å². The fourth-order valence-corrected chi connectivity index (χ4v) is 3.27. The third-order valence-corrected chi connectivity index (χ3v) is 4.90. The number of rotatable bonds is 8. The van der Waals surface area contributed by atoms with Gasteiger partial charge in [0.1, 0.15) is 0 Å². The molecule has 1 atom stereocenters. The van der Waals surface area contributed by atoms with Crippen molar-refractivity contribution >= 4 is 16.9 Å². The molecule has 0 aliphatic heterocycles. The molecule has 0 radical (unpaired) electrons. The van der Waals surface area contributed by atoms with Gasteiger partial charge in [0.05, 0.1) is 36.4 Å². The lowest BCUT2D eigenvalue weighted by Crippen LogP contribution is -2.34. The van der Waals surface area contributed by atoms with Crippen molar-refractivity contribution in [3.63, 3.8) is 0 Å². The number of hydrogen-bond acceptors (Lipinski definition) is 5. The second kappa shape index (κ2) is 8.08. The van der Waals surface area contributed by atoms with Crippen molar-refractivity contribution < 1.29 is 14.6 Å². The number of amides is 1. The average molecular weight is 380 g/mol. The Bertz CT molecular complexity index is 966. The summed E-state index contributed by atoms with van der Waals surface area (Å²) in [5, 5.41) is 17.8. The molecule has 7 nitrogen and oxygen atoms in total. The first kappa shape index (κ1) is 18.6. The molecular formula is C21H24N4O3. The van der Waals surface area contributed by atoms with Crippen molar-refractivity contribution in [2.24, 2.45) is 0 Å². The van der Waals surface area contributed by atoms with Crippen LogP contribution in [0.3, 0.4) is 0 Å². The molecule has 2 N–H and O–H groups in total. The SMILES string of the molecule is COC[C@@H](O)CNC(=O)c1cc(C2CC2)nc2c1cnn2Cc1ccccc1. The van der Waals surface area contributed by atoms with Gasteiger partial charge >= 0.3 is 0 Å². The fraction of sp³-hybridized carbons (Fsp3) is 0.381. The third kappa shape index (κ3) is 4.05. The van der Waals surface area contributed by atoms with Crippen LogP contribution in [0.5, 0.6) is 0 Å². The van der Waals surface area contributed by atoms with E-state index >= 15 is 0 Å². The van der Waals surface area contributed by atoms with Gasteiger partial charge in [-0.3, -0.25) is 4.79 Å². The smallest absolute Gasteiger partial charge is 0.252 e. The maximum absolute atomic E-state index is 12.8. The Kier molecular flexibility index (Phi) is 5.36. The van der Waals surface area contributed by atoms with E-state index in [1.54, 1.807) is 6.20 Å². The summed E-state index contributed by atoms with van der Waals surface area (Å²) in [6, 6.07) is 11.9. The highest BCUT2D eigenvalue weighted by atomic mass is 16.5. The van der Waals surface area contributed by atoms with Gasteiger partial charge in [-0.2, -0.15) is 5.10 Å². The lowest BCUT2D eigenvalue weighted by atomic mass is 10.1. The van der Waals surface area contributed by atoms with Crippen LogP contribution in [-0.4, -0.2) is 52.1 Å². The van der Waals surface area contributed by atoms with Gasteiger partial charge in [-0.15, -0.1) is 0 Å². The number of aliphatic hydroxyl groups excluding tert-OH is 1. The molecule has 2 aromatic heterocycles. The summed E-state index contributed by atoms with van der Waals surface area (Å²) in [5.41, 5.74) is 3.33. The van der Waals surface area contributed by atoms with E-state index in [0.29, 0.717) is 18.0 Å². The summed E-state index contributed by atoms with van der Waals surface area (Å²) >= 11 is 0. The minimum absolute atomic E-state index is 0.132. The van der Waals surface area contributed by atoms with Crippen molar-refractivity contribution in [3.05, 3.63) is 59.4 Å². The summed E-state index contributed by atoms with van der Waals surface area (Å²) in [7, 11) is 1.51. The molecule has 1 saturated carbocycles. The monoisotopic (exact) mass is 380 g/mol. The zero-order chi connectivity index (χ0) is 19.5. The van der Waals surface area contributed by atoms with Crippen LogP contribution in [0.4, 0.5) is 0 Å². The number of aromatic nitrogens is 3. The van der Waals surface area contributed by atoms with Crippen molar-refractivity contribution in [3.8, 4) is 0 Å². The van der Waals surface area contributed by atoms with Gasteiger partial charge in [0, 0.05) is 25.3 Å². The zero-order valence-electron chi connectivity index (χ0n) is 15.8. The number of carbonyl (C=O) groups is 1. The van der Waals surface area contributed by atoms with Gasteiger partial charge in [-0.25, -0.2) is 9.67 Å². The molecule has 2 heterocycles. The van der Waals surface area contributed by atoms with Gasteiger partial charge < -0.3 is 15.2 Å². The van der Waals surface area contributed by atoms with Gasteiger partial charge in [-0.05, 0) is 24.5 Å². The first-order valence-electron chi connectivity index (χ1n) is 9.51. The Morgan fingerprint density at radius 1 is 1.36 bits per heavy atom. The number of ether oxygens (including phenoxy) is 1. The first-order valence-corrected chi connectivity index (χ1v) is 9.51. The molecule has 0 unspecified atom stereocenters. The fourth-order valence-electron chi connectivity index (χ4n) is 3.27. The third-order valence-electron chi connectivity index (χ3n) is 4.90. The van der Waals surface area contributed by atoms with Gasteiger partial charge in [0.2, 0.25) is 0 Å². The molecule has 4 rings (SSSR count). The average Bonchev–Trinajstić information content (AvgIpc) is 3.49. The molecule has 0 spiro atoms. The van der Waals surface area contributed by atoms with Crippen LogP contribution in [0.15, 0.2) is 42.6 Å².